The van der Waals surface area contributed by atoms with Crippen molar-refractivity contribution in [3.05, 3.63) is 35.6 Å². The third-order valence-corrected chi connectivity index (χ3v) is 4.44. The Morgan fingerprint density at radius 3 is 2.46 bits per heavy atom. The van der Waals surface area contributed by atoms with Crippen molar-refractivity contribution in [2.45, 2.75) is 44.6 Å². The van der Waals surface area contributed by atoms with E-state index >= 15 is 0 Å². The van der Waals surface area contributed by atoms with Crippen molar-refractivity contribution in [3.63, 3.8) is 0 Å². The van der Waals surface area contributed by atoms with E-state index in [1.165, 1.54) is 31.4 Å². The van der Waals surface area contributed by atoms with E-state index < -0.39 is 0 Å². The first-order valence-corrected chi connectivity index (χ1v) is 9.04. The van der Waals surface area contributed by atoms with Gasteiger partial charge in [-0.15, -0.1) is 24.0 Å². The molecule has 1 fully saturated rings. The summed E-state index contributed by atoms with van der Waals surface area (Å²) in [6.07, 6.45) is 6.81. The van der Waals surface area contributed by atoms with E-state index in [0.29, 0.717) is 18.5 Å². The highest BCUT2D eigenvalue weighted by Gasteiger charge is 2.15. The van der Waals surface area contributed by atoms with Crippen LogP contribution in [0.4, 0.5) is 4.39 Å². The van der Waals surface area contributed by atoms with Gasteiger partial charge in [0, 0.05) is 26.7 Å². The van der Waals surface area contributed by atoms with Gasteiger partial charge in [-0.2, -0.15) is 0 Å². The lowest BCUT2D eigenvalue weighted by atomic mass is 9.96. The van der Waals surface area contributed by atoms with Gasteiger partial charge in [0.1, 0.15) is 12.4 Å². The van der Waals surface area contributed by atoms with Gasteiger partial charge in [0.15, 0.2) is 5.96 Å². The average molecular weight is 476 g/mol. The zero-order valence-corrected chi connectivity index (χ0v) is 18.0. The van der Waals surface area contributed by atoms with E-state index in [-0.39, 0.29) is 42.2 Å². The number of likely N-dealkylation sites (N-methyl/N-ethyl adjacent to an activating group) is 1. The summed E-state index contributed by atoms with van der Waals surface area (Å²) in [5.74, 6) is 0.438. The summed E-state index contributed by atoms with van der Waals surface area (Å²) in [7, 11) is 3.46. The molecule has 0 bridgehead atoms. The lowest BCUT2D eigenvalue weighted by Gasteiger charge is -2.25. The third-order valence-electron chi connectivity index (χ3n) is 4.44. The van der Waals surface area contributed by atoms with Crippen LogP contribution in [-0.4, -0.2) is 50.0 Å². The molecule has 0 radical (unpaired) electrons. The molecule has 26 heavy (non-hydrogen) atoms. The number of hydrogen-bond acceptors (Lipinski definition) is 2. The van der Waals surface area contributed by atoms with Crippen molar-refractivity contribution in [2.75, 3.05) is 27.2 Å². The van der Waals surface area contributed by atoms with Crippen LogP contribution in [0.25, 0.3) is 0 Å². The summed E-state index contributed by atoms with van der Waals surface area (Å²) in [5.41, 5.74) is 1.07. The van der Waals surface area contributed by atoms with Gasteiger partial charge in [0.2, 0.25) is 5.91 Å². The number of benzene rings is 1. The molecule has 1 aromatic carbocycles. The second-order valence-corrected chi connectivity index (χ2v) is 6.74. The number of halogens is 2. The van der Waals surface area contributed by atoms with E-state index in [9.17, 15) is 9.18 Å². The molecule has 5 nitrogen and oxygen atoms in total. The van der Waals surface area contributed by atoms with Crippen LogP contribution in [0.15, 0.2) is 29.3 Å². The fraction of sp³-hybridized carbons (Fsp3) is 0.579. The smallest absolute Gasteiger partial charge is 0.243 e. The third kappa shape index (κ3) is 8.33. The second-order valence-electron chi connectivity index (χ2n) is 6.74. The van der Waals surface area contributed by atoms with E-state index in [1.807, 2.05) is 0 Å². The highest BCUT2D eigenvalue weighted by atomic mass is 127. The van der Waals surface area contributed by atoms with Crippen molar-refractivity contribution < 1.29 is 9.18 Å². The van der Waals surface area contributed by atoms with Crippen molar-refractivity contribution in [2.24, 2.45) is 4.99 Å². The highest BCUT2D eigenvalue weighted by molar-refractivity contribution is 14.0. The lowest BCUT2D eigenvalue weighted by molar-refractivity contribution is -0.127. The predicted molar refractivity (Wildman–Crippen MR) is 115 cm³/mol. The standard InChI is InChI=1S/C19H29FN4O.HI/c1-24(2)18(25)14-22-19(23-17-6-4-3-5-7-17)21-13-12-15-8-10-16(20)11-9-15;/h8-11,17H,3-7,12-14H2,1-2H3,(H2,21,22,23);1H. The van der Waals surface area contributed by atoms with Crippen LogP contribution in [0.3, 0.4) is 0 Å². The number of guanidine groups is 1. The molecule has 1 aromatic rings. The van der Waals surface area contributed by atoms with Gasteiger partial charge in [0.05, 0.1) is 0 Å². The molecule has 1 amide bonds. The van der Waals surface area contributed by atoms with E-state index in [0.717, 1.165) is 24.8 Å². The number of hydrogen-bond donors (Lipinski definition) is 2. The Labute approximate surface area is 172 Å². The van der Waals surface area contributed by atoms with Crippen molar-refractivity contribution in [1.82, 2.24) is 15.5 Å². The minimum Gasteiger partial charge on any atom is -0.356 e. The number of aliphatic imine (C=N–C) groups is 1. The number of nitrogens with zero attached hydrogens (tertiary/aromatic N) is 2. The Balaban J connectivity index is 0.00000338. The van der Waals surface area contributed by atoms with Gasteiger partial charge in [-0.05, 0) is 37.0 Å². The molecule has 7 heteroatoms. The summed E-state index contributed by atoms with van der Waals surface area (Å²) >= 11 is 0. The summed E-state index contributed by atoms with van der Waals surface area (Å²) in [4.78, 5) is 17.8. The fourth-order valence-corrected chi connectivity index (χ4v) is 2.86. The zero-order valence-electron chi connectivity index (χ0n) is 15.6. The largest absolute Gasteiger partial charge is 0.356 e. The molecule has 146 valence electrons. The van der Waals surface area contributed by atoms with Gasteiger partial charge in [0.25, 0.3) is 0 Å². The molecule has 2 N–H and O–H groups in total. The van der Waals surface area contributed by atoms with Crippen LogP contribution in [0, 0.1) is 5.82 Å². The molecular formula is C19H30FIN4O. The molecule has 1 aliphatic rings. The zero-order chi connectivity index (χ0) is 18.1. The van der Waals surface area contributed by atoms with Crippen molar-refractivity contribution >= 4 is 35.8 Å². The maximum Gasteiger partial charge on any atom is 0.243 e. The van der Waals surface area contributed by atoms with Crippen LogP contribution in [0.1, 0.15) is 37.7 Å². The maximum atomic E-state index is 13.0. The minimum absolute atomic E-state index is 0. The maximum absolute atomic E-state index is 13.0. The van der Waals surface area contributed by atoms with Crippen molar-refractivity contribution in [3.8, 4) is 0 Å². The molecule has 2 rings (SSSR count). The van der Waals surface area contributed by atoms with Crippen LogP contribution in [-0.2, 0) is 11.2 Å². The summed E-state index contributed by atoms with van der Waals surface area (Å²) < 4.78 is 13.0. The Morgan fingerprint density at radius 1 is 1.19 bits per heavy atom. The molecule has 1 aliphatic carbocycles. The van der Waals surface area contributed by atoms with Gasteiger partial charge in [-0.25, -0.2) is 9.38 Å². The highest BCUT2D eigenvalue weighted by Crippen LogP contribution is 2.17. The number of carbonyl (C=O) groups excluding carboxylic acids is 1. The molecular weight excluding hydrogens is 446 g/mol. The first kappa shape index (κ1) is 22.7. The quantitative estimate of drug-likeness (QED) is 0.377. The Bertz CT molecular complexity index is 571. The molecule has 0 spiro atoms. The van der Waals surface area contributed by atoms with Gasteiger partial charge >= 0.3 is 0 Å². The molecule has 0 saturated heterocycles. The van der Waals surface area contributed by atoms with Crippen LogP contribution >= 0.6 is 24.0 Å². The number of rotatable bonds is 6. The predicted octanol–water partition coefficient (Wildman–Crippen LogP) is 2.94. The summed E-state index contributed by atoms with van der Waals surface area (Å²) in [6, 6.07) is 6.94. The van der Waals surface area contributed by atoms with Crippen LogP contribution in [0.5, 0.6) is 0 Å². The molecule has 0 aliphatic heterocycles. The SMILES string of the molecule is CN(C)C(=O)CN=C(NCCc1ccc(F)cc1)NC1CCCCC1.I. The van der Waals surface area contributed by atoms with Gasteiger partial charge < -0.3 is 15.5 Å². The monoisotopic (exact) mass is 476 g/mol. The average Bonchev–Trinajstić information content (AvgIpc) is 2.61. The first-order chi connectivity index (χ1) is 12.0. The van der Waals surface area contributed by atoms with E-state index in [2.05, 4.69) is 15.6 Å². The van der Waals surface area contributed by atoms with Gasteiger partial charge in [-0.3, -0.25) is 4.79 Å². The van der Waals surface area contributed by atoms with Crippen LogP contribution < -0.4 is 10.6 Å². The minimum atomic E-state index is -0.222. The normalized spacial score (nSPS) is 15.1. The summed E-state index contributed by atoms with van der Waals surface area (Å²) in [6.45, 7) is 0.811. The Hall–Kier alpha value is -1.38. The second kappa shape index (κ2) is 12.1. The van der Waals surface area contributed by atoms with Crippen LogP contribution in [0.2, 0.25) is 0 Å². The number of amides is 1. The first-order valence-electron chi connectivity index (χ1n) is 9.04. The van der Waals surface area contributed by atoms with Gasteiger partial charge in [-0.1, -0.05) is 31.4 Å². The Morgan fingerprint density at radius 2 is 1.85 bits per heavy atom. The molecule has 0 aromatic heterocycles. The van der Waals surface area contributed by atoms with Crippen molar-refractivity contribution in [1.29, 1.82) is 0 Å². The Kier molecular flexibility index (Phi) is 10.5. The topological polar surface area (TPSA) is 56.7 Å². The molecule has 1 saturated carbocycles. The number of carbonyl (C=O) groups is 1. The summed E-state index contributed by atoms with van der Waals surface area (Å²) in [5, 5.41) is 6.75. The number of nitrogens with one attached hydrogen (secondary N) is 2. The lowest BCUT2D eigenvalue weighted by Crippen LogP contribution is -2.45. The van der Waals surface area contributed by atoms with E-state index in [4.69, 9.17) is 0 Å². The molecule has 0 unspecified atom stereocenters. The fourth-order valence-electron chi connectivity index (χ4n) is 2.86. The van der Waals surface area contributed by atoms with E-state index in [1.54, 1.807) is 31.1 Å². The molecule has 0 heterocycles. The molecule has 0 atom stereocenters.